The van der Waals surface area contributed by atoms with Crippen molar-refractivity contribution < 1.29 is 8.42 Å². The summed E-state index contributed by atoms with van der Waals surface area (Å²) in [6.07, 6.45) is 2.00. The summed E-state index contributed by atoms with van der Waals surface area (Å²) < 4.78 is 23.9. The largest absolute Gasteiger partial charge is 0.213 e. The molecule has 0 saturated heterocycles. The molecule has 5 heteroatoms. The van der Waals surface area contributed by atoms with E-state index in [2.05, 4.69) is 0 Å². The van der Waals surface area contributed by atoms with E-state index in [4.69, 9.17) is 0 Å². The molecule has 1 heterocycles. The normalized spacial score (nSPS) is 14.6. The van der Waals surface area contributed by atoms with Gasteiger partial charge >= 0.3 is 0 Å². The van der Waals surface area contributed by atoms with Gasteiger partial charge in [-0.1, -0.05) is 0 Å². The van der Waals surface area contributed by atoms with Gasteiger partial charge in [0.15, 0.2) is 0 Å². The molecule has 0 radical (unpaired) electrons. The highest BCUT2D eigenvalue weighted by atomic mass is 32.2. The minimum absolute atomic E-state index is 0.0135. The van der Waals surface area contributed by atoms with Gasteiger partial charge in [0, 0.05) is 13.1 Å². The fourth-order valence-corrected chi connectivity index (χ4v) is 2.62. The van der Waals surface area contributed by atoms with Crippen molar-refractivity contribution in [2.75, 3.05) is 13.3 Å². The molecule has 0 aliphatic carbocycles. The fourth-order valence-electron chi connectivity index (χ4n) is 1.21. The Labute approximate surface area is 89.4 Å². The fraction of sp³-hybridized carbons (Fsp3) is 0.556. The first kappa shape index (κ1) is 11.7. The Bertz CT molecular complexity index is 370. The molecule has 1 atom stereocenters. The smallest absolute Gasteiger partial charge is 0.211 e. The van der Waals surface area contributed by atoms with Crippen molar-refractivity contribution >= 4 is 21.4 Å². The number of sulfonamides is 1. The third-order valence-corrected chi connectivity index (χ3v) is 4.39. The lowest BCUT2D eigenvalue weighted by Gasteiger charge is -2.21. The highest BCUT2D eigenvalue weighted by Crippen LogP contribution is 2.12. The van der Waals surface area contributed by atoms with Gasteiger partial charge in [-0.05, 0) is 35.7 Å². The van der Waals surface area contributed by atoms with Gasteiger partial charge in [0.1, 0.15) is 0 Å². The average Bonchev–Trinajstić information content (AvgIpc) is 2.53. The van der Waals surface area contributed by atoms with E-state index in [0.717, 1.165) is 6.42 Å². The molecule has 0 spiro atoms. The minimum Gasteiger partial charge on any atom is -0.213 e. The van der Waals surface area contributed by atoms with Crippen LogP contribution < -0.4 is 0 Å². The van der Waals surface area contributed by atoms with E-state index in [0.29, 0.717) is 0 Å². The zero-order valence-electron chi connectivity index (χ0n) is 8.60. The summed E-state index contributed by atoms with van der Waals surface area (Å²) in [4.78, 5) is 0. The van der Waals surface area contributed by atoms with Crippen LogP contribution in [0, 0.1) is 0 Å². The average molecular weight is 233 g/mol. The van der Waals surface area contributed by atoms with Gasteiger partial charge in [-0.15, -0.1) is 0 Å². The van der Waals surface area contributed by atoms with Gasteiger partial charge in [-0.3, -0.25) is 0 Å². The zero-order valence-corrected chi connectivity index (χ0v) is 10.2. The number of hydrogen-bond acceptors (Lipinski definition) is 3. The first-order valence-corrected chi connectivity index (χ1v) is 7.14. The molecule has 14 heavy (non-hydrogen) atoms. The van der Waals surface area contributed by atoms with Crippen molar-refractivity contribution in [2.24, 2.45) is 0 Å². The summed E-state index contributed by atoms with van der Waals surface area (Å²) in [5.41, 5.74) is 1.19. The Hall–Kier alpha value is -0.390. The predicted molar refractivity (Wildman–Crippen MR) is 60.1 cm³/mol. The number of hydrogen-bond donors (Lipinski definition) is 0. The van der Waals surface area contributed by atoms with E-state index < -0.39 is 10.0 Å². The SMILES string of the molecule is CC(Cc1ccsc1)N(C)S(C)(=O)=O. The molecular weight excluding hydrogens is 218 g/mol. The van der Waals surface area contributed by atoms with E-state index in [-0.39, 0.29) is 6.04 Å². The van der Waals surface area contributed by atoms with Crippen molar-refractivity contribution in [1.29, 1.82) is 0 Å². The van der Waals surface area contributed by atoms with Crippen LogP contribution in [0.3, 0.4) is 0 Å². The van der Waals surface area contributed by atoms with E-state index in [1.807, 2.05) is 23.8 Å². The van der Waals surface area contributed by atoms with Crippen molar-refractivity contribution in [3.8, 4) is 0 Å². The van der Waals surface area contributed by atoms with Gasteiger partial charge in [-0.25, -0.2) is 12.7 Å². The number of likely N-dealkylation sites (N-methyl/N-ethyl adjacent to an activating group) is 1. The quantitative estimate of drug-likeness (QED) is 0.791. The first-order chi connectivity index (χ1) is 6.41. The van der Waals surface area contributed by atoms with Crippen LogP contribution in [-0.2, 0) is 16.4 Å². The molecule has 3 nitrogen and oxygen atoms in total. The van der Waals surface area contributed by atoms with Crippen LogP contribution >= 0.6 is 11.3 Å². The lowest BCUT2D eigenvalue weighted by atomic mass is 10.1. The third kappa shape index (κ3) is 3.08. The van der Waals surface area contributed by atoms with Crippen LogP contribution in [0.1, 0.15) is 12.5 Å². The Kier molecular flexibility index (Phi) is 3.69. The van der Waals surface area contributed by atoms with E-state index in [1.54, 1.807) is 18.4 Å². The maximum atomic E-state index is 11.2. The summed E-state index contributed by atoms with van der Waals surface area (Å²) >= 11 is 1.63. The van der Waals surface area contributed by atoms with Gasteiger partial charge < -0.3 is 0 Å². The molecule has 1 aromatic heterocycles. The molecule has 0 aromatic carbocycles. The molecule has 0 fully saturated rings. The molecule has 0 N–H and O–H groups in total. The third-order valence-electron chi connectivity index (χ3n) is 2.26. The van der Waals surface area contributed by atoms with Crippen molar-refractivity contribution in [2.45, 2.75) is 19.4 Å². The molecule has 1 unspecified atom stereocenters. The summed E-state index contributed by atoms with van der Waals surface area (Å²) in [5, 5.41) is 4.05. The number of thiophene rings is 1. The second-order valence-corrected chi connectivity index (χ2v) is 6.29. The molecule has 80 valence electrons. The Morgan fingerprint density at radius 1 is 1.57 bits per heavy atom. The molecule has 0 aliphatic rings. The van der Waals surface area contributed by atoms with Crippen LogP contribution in [0.4, 0.5) is 0 Å². The van der Waals surface area contributed by atoms with Gasteiger partial charge in [0.2, 0.25) is 10.0 Å². The molecule has 1 rings (SSSR count). The highest BCUT2D eigenvalue weighted by Gasteiger charge is 2.18. The summed E-state index contributed by atoms with van der Waals surface area (Å²) in [7, 11) is -1.45. The predicted octanol–water partition coefficient (Wildman–Crippen LogP) is 1.57. The van der Waals surface area contributed by atoms with Gasteiger partial charge in [0.05, 0.1) is 6.26 Å². The van der Waals surface area contributed by atoms with Gasteiger partial charge in [0.25, 0.3) is 0 Å². The lowest BCUT2D eigenvalue weighted by Crippen LogP contribution is -2.35. The highest BCUT2D eigenvalue weighted by molar-refractivity contribution is 7.88. The van der Waals surface area contributed by atoms with Crippen LogP contribution in [0.15, 0.2) is 16.8 Å². The van der Waals surface area contributed by atoms with Crippen LogP contribution in [-0.4, -0.2) is 32.1 Å². The molecule has 0 amide bonds. The molecule has 1 aromatic rings. The Balaban J connectivity index is 2.63. The molecular formula is C9H15NO2S2. The monoisotopic (exact) mass is 233 g/mol. The Morgan fingerprint density at radius 3 is 2.64 bits per heavy atom. The number of nitrogens with zero attached hydrogens (tertiary/aromatic N) is 1. The minimum atomic E-state index is -3.07. The van der Waals surface area contributed by atoms with Crippen LogP contribution in [0.25, 0.3) is 0 Å². The van der Waals surface area contributed by atoms with Crippen LogP contribution in [0.2, 0.25) is 0 Å². The summed E-state index contributed by atoms with van der Waals surface area (Å²) in [6.45, 7) is 1.92. The van der Waals surface area contributed by atoms with Gasteiger partial charge in [-0.2, -0.15) is 11.3 Å². The van der Waals surface area contributed by atoms with Crippen molar-refractivity contribution in [3.63, 3.8) is 0 Å². The molecule has 0 aliphatic heterocycles. The van der Waals surface area contributed by atoms with Crippen molar-refractivity contribution in [1.82, 2.24) is 4.31 Å². The molecule has 0 bridgehead atoms. The van der Waals surface area contributed by atoms with E-state index in [9.17, 15) is 8.42 Å². The maximum absolute atomic E-state index is 11.2. The van der Waals surface area contributed by atoms with Crippen molar-refractivity contribution in [3.05, 3.63) is 22.4 Å². The zero-order chi connectivity index (χ0) is 10.8. The number of rotatable bonds is 4. The Morgan fingerprint density at radius 2 is 2.21 bits per heavy atom. The maximum Gasteiger partial charge on any atom is 0.211 e. The van der Waals surface area contributed by atoms with E-state index >= 15 is 0 Å². The molecule has 0 saturated carbocycles. The lowest BCUT2D eigenvalue weighted by molar-refractivity contribution is 0.390. The standard InChI is InChI=1S/C9H15NO2S2/c1-8(10(2)14(3,11)12)6-9-4-5-13-7-9/h4-5,7-8H,6H2,1-3H3. The topological polar surface area (TPSA) is 37.4 Å². The van der Waals surface area contributed by atoms with E-state index in [1.165, 1.54) is 16.1 Å². The second kappa shape index (κ2) is 4.42. The summed E-state index contributed by atoms with van der Waals surface area (Å²) in [5.74, 6) is 0. The summed E-state index contributed by atoms with van der Waals surface area (Å²) in [6, 6.07) is 2.04. The second-order valence-electron chi connectivity index (χ2n) is 3.46. The van der Waals surface area contributed by atoms with Crippen LogP contribution in [0.5, 0.6) is 0 Å². The first-order valence-electron chi connectivity index (χ1n) is 4.35.